The van der Waals surface area contributed by atoms with Crippen LogP contribution in [0.1, 0.15) is 32.5 Å². The van der Waals surface area contributed by atoms with Gasteiger partial charge in [-0.15, -0.1) is 11.3 Å². The molecule has 0 unspecified atom stereocenters. The van der Waals surface area contributed by atoms with Crippen molar-refractivity contribution in [2.24, 2.45) is 0 Å². The van der Waals surface area contributed by atoms with Crippen molar-refractivity contribution < 1.29 is 14.6 Å². The van der Waals surface area contributed by atoms with Crippen molar-refractivity contribution in [1.82, 2.24) is 10.2 Å². The first-order valence-corrected chi connectivity index (χ1v) is 9.55. The second-order valence-electron chi connectivity index (χ2n) is 6.30. The fourth-order valence-electron chi connectivity index (χ4n) is 3.33. The molecule has 25 heavy (non-hydrogen) atoms. The number of amides is 1. The normalized spacial score (nSPS) is 19.6. The van der Waals surface area contributed by atoms with E-state index in [1.165, 1.54) is 17.6 Å². The van der Waals surface area contributed by atoms with Crippen LogP contribution in [-0.2, 0) is 13.0 Å². The van der Waals surface area contributed by atoms with Gasteiger partial charge in [-0.05, 0) is 52.7 Å². The van der Waals surface area contributed by atoms with Crippen molar-refractivity contribution in [3.8, 4) is 11.5 Å². The third-order valence-corrected chi connectivity index (χ3v) is 6.38. The molecule has 0 saturated heterocycles. The van der Waals surface area contributed by atoms with Gasteiger partial charge in [0.1, 0.15) is 11.2 Å². The molecule has 1 aromatic heterocycles. The minimum atomic E-state index is -0.372. The minimum Gasteiger partial charge on any atom is -0.503 e. The summed E-state index contributed by atoms with van der Waals surface area (Å²) in [4.78, 5) is 16.3. The van der Waals surface area contributed by atoms with Gasteiger partial charge in [0.15, 0.2) is 11.5 Å². The molecule has 1 atom stereocenters. The summed E-state index contributed by atoms with van der Waals surface area (Å²) >= 11 is 4.99. The van der Waals surface area contributed by atoms with Gasteiger partial charge in [0, 0.05) is 18.0 Å². The van der Waals surface area contributed by atoms with Crippen LogP contribution in [0.3, 0.4) is 0 Å². The zero-order valence-electron chi connectivity index (χ0n) is 13.9. The third-order valence-electron chi connectivity index (χ3n) is 4.63. The lowest BCUT2D eigenvalue weighted by atomic mass is 10.0. The van der Waals surface area contributed by atoms with E-state index in [-0.39, 0.29) is 17.8 Å². The van der Waals surface area contributed by atoms with E-state index in [4.69, 9.17) is 4.74 Å². The van der Waals surface area contributed by atoms with Gasteiger partial charge in [0.05, 0.1) is 17.1 Å². The van der Waals surface area contributed by atoms with Gasteiger partial charge in [0.25, 0.3) is 5.91 Å². The average Bonchev–Trinajstić information content (AvgIpc) is 2.94. The molecule has 0 saturated carbocycles. The maximum Gasteiger partial charge on any atom is 0.256 e. The Morgan fingerprint density at radius 3 is 2.96 bits per heavy atom. The van der Waals surface area contributed by atoms with Crippen LogP contribution in [0.2, 0.25) is 0 Å². The number of anilines is 1. The number of rotatable bonds is 2. The first kappa shape index (κ1) is 16.7. The number of benzene rings is 1. The molecule has 2 aromatic rings. The number of carbonyl (C=O) groups is 1. The van der Waals surface area contributed by atoms with Crippen LogP contribution >= 0.6 is 27.3 Å². The van der Waals surface area contributed by atoms with Crippen molar-refractivity contribution in [1.29, 1.82) is 0 Å². The second-order valence-corrected chi connectivity index (χ2v) is 8.26. The highest BCUT2D eigenvalue weighted by molar-refractivity contribution is 9.10. The summed E-state index contributed by atoms with van der Waals surface area (Å²) in [6.07, 6.45) is 0.527. The maximum atomic E-state index is 12.7. The van der Waals surface area contributed by atoms with Crippen LogP contribution in [0.25, 0.3) is 0 Å². The van der Waals surface area contributed by atoms with Crippen molar-refractivity contribution in [3.05, 3.63) is 38.2 Å². The summed E-state index contributed by atoms with van der Waals surface area (Å²) in [5.74, 6) is 0.353. The Balaban J connectivity index is 1.71. The quantitative estimate of drug-likeness (QED) is 0.691. The zero-order chi connectivity index (χ0) is 17.7. The van der Waals surface area contributed by atoms with Gasteiger partial charge in [-0.1, -0.05) is 0 Å². The molecular weight excluding hydrogens is 406 g/mol. The molecule has 1 aromatic carbocycles. The molecule has 0 radical (unpaired) electrons. The fourth-order valence-corrected chi connectivity index (χ4v) is 5.14. The Bertz CT molecular complexity index is 867. The van der Waals surface area contributed by atoms with Crippen LogP contribution in [0.5, 0.6) is 11.5 Å². The molecule has 2 aliphatic rings. The number of hydrogen-bond acceptors (Lipinski definition) is 6. The van der Waals surface area contributed by atoms with E-state index in [1.54, 1.807) is 23.5 Å². The van der Waals surface area contributed by atoms with Crippen LogP contribution in [0.4, 0.5) is 5.00 Å². The lowest BCUT2D eigenvalue weighted by Crippen LogP contribution is -2.38. The highest BCUT2D eigenvalue weighted by Gasteiger charge is 2.33. The van der Waals surface area contributed by atoms with E-state index in [0.29, 0.717) is 10.2 Å². The molecule has 2 aliphatic heterocycles. The molecule has 0 aliphatic carbocycles. The van der Waals surface area contributed by atoms with Crippen LogP contribution in [0.15, 0.2) is 16.6 Å². The van der Waals surface area contributed by atoms with Crippen LogP contribution in [-0.4, -0.2) is 36.6 Å². The number of halogens is 1. The molecule has 4 rings (SSSR count). The van der Waals surface area contributed by atoms with Gasteiger partial charge in [-0.25, -0.2) is 0 Å². The molecule has 6 nitrogen and oxygen atoms in total. The topological polar surface area (TPSA) is 73.8 Å². The first-order chi connectivity index (χ1) is 12.0. The maximum absolute atomic E-state index is 12.7. The van der Waals surface area contributed by atoms with Crippen LogP contribution in [0, 0.1) is 0 Å². The number of nitrogens with one attached hydrogen (secondary N) is 2. The van der Waals surface area contributed by atoms with Gasteiger partial charge in [-0.2, -0.15) is 0 Å². The Morgan fingerprint density at radius 1 is 1.40 bits per heavy atom. The number of aromatic hydroxyl groups is 1. The third kappa shape index (κ3) is 2.78. The fraction of sp³-hybridized carbons (Fsp3) is 0.353. The summed E-state index contributed by atoms with van der Waals surface area (Å²) < 4.78 is 5.73. The number of ether oxygens (including phenoxy) is 1. The lowest BCUT2D eigenvalue weighted by Gasteiger charge is -2.28. The van der Waals surface area contributed by atoms with E-state index in [2.05, 4.69) is 38.5 Å². The van der Waals surface area contributed by atoms with Crippen molar-refractivity contribution >= 4 is 38.2 Å². The summed E-state index contributed by atoms with van der Waals surface area (Å²) in [7, 11) is 3.60. The molecule has 1 amide bonds. The number of carbonyl (C=O) groups excluding carboxylic acids is 1. The Kier molecular flexibility index (Phi) is 4.13. The molecule has 3 heterocycles. The minimum absolute atomic E-state index is 0.0451. The Hall–Kier alpha value is -1.77. The molecule has 0 bridgehead atoms. The molecule has 3 N–H and O–H groups in total. The highest BCUT2D eigenvalue weighted by atomic mass is 79.9. The monoisotopic (exact) mass is 423 g/mol. The number of hydrogen-bond donors (Lipinski definition) is 3. The smallest absolute Gasteiger partial charge is 0.256 e. The van der Waals surface area contributed by atoms with Gasteiger partial charge in [0.2, 0.25) is 0 Å². The molecule has 132 valence electrons. The molecule has 8 heteroatoms. The number of phenolic OH excluding ortho intramolecular Hbond substituents is 1. The summed E-state index contributed by atoms with van der Waals surface area (Å²) in [6, 6.07) is 3.51. The number of phenols is 1. The van der Waals surface area contributed by atoms with E-state index in [9.17, 15) is 9.90 Å². The van der Waals surface area contributed by atoms with Crippen molar-refractivity contribution in [3.63, 3.8) is 0 Å². The number of nitrogens with zero attached hydrogens (tertiary/aromatic N) is 1. The number of thiophene rings is 1. The Morgan fingerprint density at radius 2 is 2.20 bits per heavy atom. The van der Waals surface area contributed by atoms with E-state index >= 15 is 0 Å². The van der Waals surface area contributed by atoms with Crippen LogP contribution < -0.4 is 15.4 Å². The van der Waals surface area contributed by atoms with E-state index in [1.807, 2.05) is 0 Å². The largest absolute Gasteiger partial charge is 0.503 e. The SMILES string of the molecule is COc1cc([C@@H]2NC(=O)c3c(sc4c3CCN(C)C4)N2)cc(Br)c1O. The van der Waals surface area contributed by atoms with Crippen molar-refractivity contribution in [2.45, 2.75) is 19.1 Å². The number of likely N-dealkylation sites (N-methyl/N-ethyl adjacent to an activating group) is 1. The number of fused-ring (bicyclic) bond motifs is 3. The summed E-state index contributed by atoms with van der Waals surface area (Å²) in [5.41, 5.74) is 2.77. The predicted molar refractivity (Wildman–Crippen MR) is 101 cm³/mol. The Labute approximate surface area is 157 Å². The van der Waals surface area contributed by atoms with Gasteiger partial charge < -0.3 is 25.4 Å². The highest BCUT2D eigenvalue weighted by Crippen LogP contribution is 2.42. The van der Waals surface area contributed by atoms with Crippen molar-refractivity contribution in [2.75, 3.05) is 26.0 Å². The first-order valence-electron chi connectivity index (χ1n) is 7.94. The molecule has 0 fully saturated rings. The van der Waals surface area contributed by atoms with Gasteiger partial charge in [-0.3, -0.25) is 4.79 Å². The predicted octanol–water partition coefficient (Wildman–Crippen LogP) is 3.07. The summed E-state index contributed by atoms with van der Waals surface area (Å²) in [6.45, 7) is 1.85. The van der Waals surface area contributed by atoms with E-state index < -0.39 is 0 Å². The molecule has 0 spiro atoms. The second kappa shape index (κ2) is 6.19. The average molecular weight is 424 g/mol. The number of methoxy groups -OCH3 is 1. The zero-order valence-corrected chi connectivity index (χ0v) is 16.3. The van der Waals surface area contributed by atoms with E-state index in [0.717, 1.165) is 35.6 Å². The molecular formula is C17H18BrN3O3S. The standard InChI is InChI=1S/C17H18BrN3O3S/c1-21-4-3-9-12(7-21)25-17-13(9)16(23)19-15(20-17)8-5-10(18)14(22)11(6-8)24-2/h5-6,15,20,22H,3-4,7H2,1-2H3,(H,19,23)/t15-/m1/s1. The van der Waals surface area contributed by atoms with Gasteiger partial charge >= 0.3 is 0 Å². The summed E-state index contributed by atoms with van der Waals surface area (Å²) in [5, 5.41) is 17.3. The lowest BCUT2D eigenvalue weighted by molar-refractivity contribution is 0.0935.